The van der Waals surface area contributed by atoms with E-state index in [2.05, 4.69) is 10.6 Å². The average molecular weight is 419 g/mol. The quantitative estimate of drug-likeness (QED) is 0.779. The SMILES string of the molecule is CC(=O)Nc1ccc(NC(=O)C2CCCN(S(=O)(=O)c3ccc(F)cc3)C2)cc1. The number of piperidine rings is 1. The Kier molecular flexibility index (Phi) is 6.29. The second-order valence-corrected chi connectivity index (χ2v) is 8.84. The number of hydrogen-bond acceptors (Lipinski definition) is 4. The van der Waals surface area contributed by atoms with Gasteiger partial charge >= 0.3 is 0 Å². The number of halogens is 1. The van der Waals surface area contributed by atoms with E-state index >= 15 is 0 Å². The van der Waals surface area contributed by atoms with Gasteiger partial charge in [0.25, 0.3) is 0 Å². The van der Waals surface area contributed by atoms with Gasteiger partial charge in [-0.25, -0.2) is 12.8 Å². The third-order valence-corrected chi connectivity index (χ3v) is 6.56. The van der Waals surface area contributed by atoms with E-state index in [1.165, 1.54) is 23.4 Å². The van der Waals surface area contributed by atoms with Gasteiger partial charge in [-0.05, 0) is 61.4 Å². The monoisotopic (exact) mass is 419 g/mol. The van der Waals surface area contributed by atoms with Crippen LogP contribution in [0, 0.1) is 11.7 Å². The Balaban J connectivity index is 1.66. The summed E-state index contributed by atoms with van der Waals surface area (Å²) in [5.41, 5.74) is 1.17. The molecule has 9 heteroatoms. The van der Waals surface area contributed by atoms with Crippen molar-refractivity contribution in [2.24, 2.45) is 5.92 Å². The van der Waals surface area contributed by atoms with Crippen molar-refractivity contribution in [3.63, 3.8) is 0 Å². The van der Waals surface area contributed by atoms with Gasteiger partial charge in [-0.3, -0.25) is 9.59 Å². The fraction of sp³-hybridized carbons (Fsp3) is 0.300. The second kappa shape index (κ2) is 8.71. The first kappa shape index (κ1) is 20.9. The summed E-state index contributed by atoms with van der Waals surface area (Å²) in [5.74, 6) is -1.46. The molecule has 1 saturated heterocycles. The summed E-state index contributed by atoms with van der Waals surface area (Å²) in [4.78, 5) is 23.7. The molecule has 2 aromatic carbocycles. The lowest BCUT2D eigenvalue weighted by molar-refractivity contribution is -0.121. The second-order valence-electron chi connectivity index (χ2n) is 6.90. The van der Waals surface area contributed by atoms with Crippen molar-refractivity contribution >= 4 is 33.2 Å². The van der Waals surface area contributed by atoms with Gasteiger partial charge in [0.05, 0.1) is 10.8 Å². The van der Waals surface area contributed by atoms with Gasteiger partial charge in [0, 0.05) is 31.4 Å². The number of carbonyl (C=O) groups excluding carboxylic acids is 2. The predicted molar refractivity (Wildman–Crippen MR) is 107 cm³/mol. The van der Waals surface area contributed by atoms with Crippen molar-refractivity contribution < 1.29 is 22.4 Å². The highest BCUT2D eigenvalue weighted by Crippen LogP contribution is 2.25. The Labute approximate surface area is 169 Å². The van der Waals surface area contributed by atoms with Crippen LogP contribution in [0.25, 0.3) is 0 Å². The predicted octanol–water partition coefficient (Wildman–Crippen LogP) is 2.82. The Bertz CT molecular complexity index is 991. The molecule has 29 heavy (non-hydrogen) atoms. The number of nitrogens with one attached hydrogen (secondary N) is 2. The minimum atomic E-state index is -3.79. The highest BCUT2D eigenvalue weighted by molar-refractivity contribution is 7.89. The number of carbonyl (C=O) groups is 2. The van der Waals surface area contributed by atoms with Crippen LogP contribution < -0.4 is 10.6 Å². The molecule has 2 N–H and O–H groups in total. The normalized spacial score (nSPS) is 17.5. The van der Waals surface area contributed by atoms with E-state index in [0.717, 1.165) is 12.1 Å². The molecule has 0 aromatic heterocycles. The minimum Gasteiger partial charge on any atom is -0.326 e. The fourth-order valence-corrected chi connectivity index (χ4v) is 4.74. The molecule has 0 radical (unpaired) electrons. The number of benzene rings is 2. The summed E-state index contributed by atoms with van der Waals surface area (Å²) in [6, 6.07) is 11.3. The van der Waals surface area contributed by atoms with Crippen molar-refractivity contribution in [2.75, 3.05) is 23.7 Å². The molecule has 1 aliphatic rings. The number of nitrogens with zero attached hydrogens (tertiary/aromatic N) is 1. The summed E-state index contributed by atoms with van der Waals surface area (Å²) in [7, 11) is -3.79. The van der Waals surface area contributed by atoms with Crippen LogP contribution >= 0.6 is 0 Å². The molecule has 7 nitrogen and oxygen atoms in total. The van der Waals surface area contributed by atoms with Crippen LogP contribution in [0.2, 0.25) is 0 Å². The molecule has 1 fully saturated rings. The number of sulfonamides is 1. The molecule has 2 amide bonds. The number of hydrogen-bond donors (Lipinski definition) is 2. The fourth-order valence-electron chi connectivity index (χ4n) is 3.21. The van der Waals surface area contributed by atoms with Crippen LogP contribution in [0.5, 0.6) is 0 Å². The van der Waals surface area contributed by atoms with Gasteiger partial charge < -0.3 is 10.6 Å². The molecule has 1 atom stereocenters. The number of anilines is 2. The minimum absolute atomic E-state index is 0.00789. The van der Waals surface area contributed by atoms with Crippen molar-refractivity contribution in [1.29, 1.82) is 0 Å². The summed E-state index contributed by atoms with van der Waals surface area (Å²) in [6.45, 7) is 1.79. The van der Waals surface area contributed by atoms with Gasteiger partial charge in [0.2, 0.25) is 21.8 Å². The zero-order chi connectivity index (χ0) is 21.0. The maximum Gasteiger partial charge on any atom is 0.243 e. The van der Waals surface area contributed by atoms with E-state index in [-0.39, 0.29) is 23.3 Å². The molecular weight excluding hydrogens is 397 g/mol. The first-order chi connectivity index (χ1) is 13.8. The van der Waals surface area contributed by atoms with E-state index < -0.39 is 21.8 Å². The van der Waals surface area contributed by atoms with E-state index in [0.29, 0.717) is 30.8 Å². The molecule has 2 aromatic rings. The van der Waals surface area contributed by atoms with Crippen molar-refractivity contribution in [3.8, 4) is 0 Å². The van der Waals surface area contributed by atoms with E-state index in [9.17, 15) is 22.4 Å². The Morgan fingerprint density at radius 1 is 1.00 bits per heavy atom. The molecule has 0 aliphatic carbocycles. The smallest absolute Gasteiger partial charge is 0.243 e. The van der Waals surface area contributed by atoms with Crippen LogP contribution in [-0.4, -0.2) is 37.6 Å². The zero-order valence-corrected chi connectivity index (χ0v) is 16.7. The molecule has 0 saturated carbocycles. The van der Waals surface area contributed by atoms with Crippen LogP contribution in [-0.2, 0) is 19.6 Å². The number of rotatable bonds is 5. The summed E-state index contributed by atoms with van der Waals surface area (Å²) in [5, 5.41) is 5.43. The third-order valence-electron chi connectivity index (χ3n) is 4.68. The number of amides is 2. The lowest BCUT2D eigenvalue weighted by Crippen LogP contribution is -2.43. The maximum absolute atomic E-state index is 13.1. The molecule has 154 valence electrons. The lowest BCUT2D eigenvalue weighted by atomic mass is 9.98. The standard InChI is InChI=1S/C20H22FN3O4S/c1-14(25)22-17-6-8-18(9-7-17)23-20(26)15-3-2-12-24(13-15)29(27,28)19-10-4-16(21)5-11-19/h4-11,15H,2-3,12-13H2,1H3,(H,22,25)(H,23,26). The zero-order valence-electron chi connectivity index (χ0n) is 15.9. The Morgan fingerprint density at radius 3 is 2.17 bits per heavy atom. The van der Waals surface area contributed by atoms with Gasteiger partial charge in [-0.2, -0.15) is 4.31 Å². The topological polar surface area (TPSA) is 95.6 Å². The molecule has 1 unspecified atom stereocenters. The van der Waals surface area contributed by atoms with Gasteiger partial charge in [0.15, 0.2) is 0 Å². The Morgan fingerprint density at radius 2 is 1.59 bits per heavy atom. The maximum atomic E-state index is 13.1. The summed E-state index contributed by atoms with van der Waals surface area (Å²) in [6.07, 6.45) is 1.13. The summed E-state index contributed by atoms with van der Waals surface area (Å²) >= 11 is 0. The lowest BCUT2D eigenvalue weighted by Gasteiger charge is -2.31. The molecular formula is C20H22FN3O4S. The van der Waals surface area contributed by atoms with E-state index in [4.69, 9.17) is 0 Å². The van der Waals surface area contributed by atoms with Crippen molar-refractivity contribution in [1.82, 2.24) is 4.31 Å². The third kappa shape index (κ3) is 5.18. The molecule has 0 bridgehead atoms. The average Bonchev–Trinajstić information content (AvgIpc) is 2.69. The van der Waals surface area contributed by atoms with E-state index in [1.54, 1.807) is 24.3 Å². The largest absolute Gasteiger partial charge is 0.326 e. The van der Waals surface area contributed by atoms with E-state index in [1.807, 2.05) is 0 Å². The van der Waals surface area contributed by atoms with Gasteiger partial charge in [-0.1, -0.05) is 0 Å². The van der Waals surface area contributed by atoms with Gasteiger partial charge in [-0.15, -0.1) is 0 Å². The van der Waals surface area contributed by atoms with Crippen LogP contribution in [0.1, 0.15) is 19.8 Å². The van der Waals surface area contributed by atoms with Gasteiger partial charge in [0.1, 0.15) is 5.82 Å². The molecule has 1 heterocycles. The first-order valence-electron chi connectivity index (χ1n) is 9.20. The molecule has 0 spiro atoms. The highest BCUT2D eigenvalue weighted by Gasteiger charge is 2.33. The van der Waals surface area contributed by atoms with Crippen LogP contribution in [0.3, 0.4) is 0 Å². The highest BCUT2D eigenvalue weighted by atomic mass is 32.2. The summed E-state index contributed by atoms with van der Waals surface area (Å²) < 4.78 is 39.9. The van der Waals surface area contributed by atoms with Crippen LogP contribution in [0.15, 0.2) is 53.4 Å². The van der Waals surface area contributed by atoms with Crippen molar-refractivity contribution in [2.45, 2.75) is 24.7 Å². The molecule has 3 rings (SSSR count). The molecule has 1 aliphatic heterocycles. The van der Waals surface area contributed by atoms with Crippen molar-refractivity contribution in [3.05, 3.63) is 54.3 Å². The Hall–Kier alpha value is -2.78. The first-order valence-corrected chi connectivity index (χ1v) is 10.6. The van der Waals surface area contributed by atoms with Crippen LogP contribution in [0.4, 0.5) is 15.8 Å².